The number of carbonyl (C=O) groups is 2. The Hall–Kier alpha value is -2.08. The molecule has 150 valence electrons. The summed E-state index contributed by atoms with van der Waals surface area (Å²) in [5.41, 5.74) is 0.292. The molecule has 0 radical (unpaired) electrons. The monoisotopic (exact) mass is 369 g/mol. The molecule has 1 aromatic rings. The van der Waals surface area contributed by atoms with Gasteiger partial charge in [-0.25, -0.2) is 4.79 Å². The Morgan fingerprint density at radius 3 is 2.08 bits per heavy atom. The van der Waals surface area contributed by atoms with Crippen molar-refractivity contribution in [3.8, 4) is 0 Å². The van der Waals surface area contributed by atoms with E-state index in [9.17, 15) is 9.59 Å². The first-order chi connectivity index (χ1) is 12.3. The molecule has 0 heterocycles. The van der Waals surface area contributed by atoms with E-state index >= 15 is 0 Å². The molecule has 0 aliphatic heterocycles. The first-order valence-corrected chi connectivity index (χ1v) is 9.13. The lowest BCUT2D eigenvalue weighted by molar-refractivity contribution is -0.138. The molecule has 1 amide bonds. The number of benzene rings is 1. The number of nitrogens with one attached hydrogen (secondary N) is 1. The molecule has 0 spiro atoms. The number of hydrogen-bond acceptors (Lipinski definition) is 4. The Bertz CT molecular complexity index is 483. The second-order valence-electron chi connectivity index (χ2n) is 5.80. The van der Waals surface area contributed by atoms with Gasteiger partial charge in [-0.1, -0.05) is 58.0 Å². The van der Waals surface area contributed by atoms with Crippen molar-refractivity contribution in [3.63, 3.8) is 0 Å². The zero-order valence-electron chi connectivity index (χ0n) is 17.2. The predicted octanol–water partition coefficient (Wildman–Crippen LogP) is 4.80. The van der Waals surface area contributed by atoms with E-state index in [0.717, 1.165) is 5.56 Å². The van der Waals surface area contributed by atoms with Crippen LogP contribution in [0.2, 0.25) is 0 Å². The van der Waals surface area contributed by atoms with Crippen LogP contribution in [-0.4, -0.2) is 35.9 Å². The van der Waals surface area contributed by atoms with Crippen molar-refractivity contribution in [1.82, 2.24) is 5.32 Å². The minimum atomic E-state index is -0.924. The molecular weight excluding hydrogens is 334 g/mol. The minimum absolute atomic E-state index is 0.0743. The molecule has 0 aliphatic carbocycles. The van der Waals surface area contributed by atoms with Crippen LogP contribution in [-0.2, 0) is 14.3 Å². The number of carboxylic acid groups (broad SMARTS) is 1. The highest BCUT2D eigenvalue weighted by molar-refractivity contribution is 5.67. The van der Waals surface area contributed by atoms with Crippen molar-refractivity contribution in [2.24, 2.45) is 0 Å². The van der Waals surface area contributed by atoms with E-state index in [0.29, 0.717) is 0 Å². The van der Waals surface area contributed by atoms with Gasteiger partial charge in [-0.15, -0.1) is 0 Å². The molecule has 1 atom stereocenters. The minimum Gasteiger partial charge on any atom is -0.481 e. The van der Waals surface area contributed by atoms with Gasteiger partial charge >= 0.3 is 12.1 Å². The average Bonchev–Trinajstić information content (AvgIpc) is 2.60. The maximum absolute atomic E-state index is 11.7. The molecule has 0 saturated carbocycles. The molecule has 0 saturated heterocycles. The number of alkyl carbamates (subject to hydrolysis) is 1. The Labute approximate surface area is 157 Å². The van der Waals surface area contributed by atoms with Crippen LogP contribution in [0.5, 0.6) is 0 Å². The molecule has 6 nitrogen and oxygen atoms in total. The summed E-state index contributed by atoms with van der Waals surface area (Å²) in [6.45, 7) is 13.6. The van der Waals surface area contributed by atoms with Gasteiger partial charge in [0.15, 0.2) is 0 Å². The van der Waals surface area contributed by atoms with Crippen LogP contribution in [0.15, 0.2) is 30.3 Å². The fourth-order valence-corrected chi connectivity index (χ4v) is 1.72. The first kappa shape index (κ1) is 26.2. The normalized spacial score (nSPS) is 11.0. The first-order valence-electron chi connectivity index (χ1n) is 9.13. The van der Waals surface area contributed by atoms with Gasteiger partial charge in [0.25, 0.3) is 0 Å². The molecule has 6 heteroatoms. The van der Waals surface area contributed by atoms with Crippen molar-refractivity contribution in [1.29, 1.82) is 0 Å². The van der Waals surface area contributed by atoms with E-state index in [4.69, 9.17) is 14.6 Å². The summed E-state index contributed by atoms with van der Waals surface area (Å²) in [7, 11) is 0. The van der Waals surface area contributed by atoms with E-state index in [1.54, 1.807) is 20.8 Å². The van der Waals surface area contributed by atoms with Crippen LogP contribution in [0.1, 0.15) is 66.6 Å². The van der Waals surface area contributed by atoms with Gasteiger partial charge in [0.2, 0.25) is 0 Å². The topological polar surface area (TPSA) is 84.9 Å². The maximum Gasteiger partial charge on any atom is 0.407 e. The Kier molecular flexibility index (Phi) is 15.3. The van der Waals surface area contributed by atoms with Crippen LogP contribution in [0.3, 0.4) is 0 Å². The van der Waals surface area contributed by atoms with Crippen LogP contribution in [0, 0.1) is 0 Å². The lowest BCUT2D eigenvalue weighted by Crippen LogP contribution is -2.35. The fourth-order valence-electron chi connectivity index (χ4n) is 1.72. The SMILES string of the molecule is CC.CC.CC(C)(C)OC(=O)NC[C@@H](OCCC(=O)O)c1ccccc1. The van der Waals surface area contributed by atoms with E-state index < -0.39 is 23.8 Å². The molecule has 26 heavy (non-hydrogen) atoms. The number of hydrogen-bond donors (Lipinski definition) is 2. The molecular formula is C20H35NO5. The van der Waals surface area contributed by atoms with E-state index in [2.05, 4.69) is 5.32 Å². The van der Waals surface area contributed by atoms with E-state index in [1.807, 2.05) is 58.0 Å². The van der Waals surface area contributed by atoms with Gasteiger partial charge in [-0.3, -0.25) is 4.79 Å². The Morgan fingerprint density at radius 1 is 1.08 bits per heavy atom. The number of carboxylic acids is 1. The third-order valence-electron chi connectivity index (χ3n) is 2.64. The molecule has 0 unspecified atom stereocenters. The summed E-state index contributed by atoms with van der Waals surface area (Å²) in [4.78, 5) is 22.3. The van der Waals surface area contributed by atoms with Crippen molar-refractivity contribution in [2.45, 2.75) is 66.6 Å². The van der Waals surface area contributed by atoms with Gasteiger partial charge in [0.05, 0.1) is 25.7 Å². The van der Waals surface area contributed by atoms with E-state index in [1.165, 1.54) is 0 Å². The molecule has 0 aromatic heterocycles. The summed E-state index contributed by atoms with van der Waals surface area (Å²) in [5, 5.41) is 11.3. The van der Waals surface area contributed by atoms with Gasteiger partial charge in [-0.2, -0.15) is 0 Å². The zero-order valence-corrected chi connectivity index (χ0v) is 17.2. The molecule has 1 aromatic carbocycles. The van der Waals surface area contributed by atoms with Crippen molar-refractivity contribution >= 4 is 12.1 Å². The molecule has 0 bridgehead atoms. The highest BCUT2D eigenvalue weighted by atomic mass is 16.6. The summed E-state index contributed by atoms with van der Waals surface area (Å²) in [6.07, 6.45) is -1.04. The van der Waals surface area contributed by atoms with Gasteiger partial charge in [-0.05, 0) is 26.3 Å². The summed E-state index contributed by atoms with van der Waals surface area (Å²) < 4.78 is 10.7. The highest BCUT2D eigenvalue weighted by Gasteiger charge is 2.18. The molecule has 0 fully saturated rings. The Balaban J connectivity index is 0. The fraction of sp³-hybridized carbons (Fsp3) is 0.600. The summed E-state index contributed by atoms with van der Waals surface area (Å²) >= 11 is 0. The standard InChI is InChI=1S/C16H23NO5.2C2H6/c1-16(2,3)22-15(20)17-11-13(21-10-9-14(18)19)12-7-5-4-6-8-12;2*1-2/h4-8,13H,9-11H2,1-3H3,(H,17,20)(H,18,19);2*1-2H3/t13-;;/m1../s1. The second-order valence-corrected chi connectivity index (χ2v) is 5.80. The lowest BCUT2D eigenvalue weighted by Gasteiger charge is -2.22. The zero-order chi connectivity index (χ0) is 20.6. The maximum atomic E-state index is 11.7. The van der Waals surface area contributed by atoms with Crippen molar-refractivity contribution in [2.75, 3.05) is 13.2 Å². The number of ether oxygens (including phenoxy) is 2. The number of aliphatic carboxylic acids is 1. The largest absolute Gasteiger partial charge is 0.481 e. The lowest BCUT2D eigenvalue weighted by atomic mass is 10.1. The quantitative estimate of drug-likeness (QED) is 0.721. The highest BCUT2D eigenvalue weighted by Crippen LogP contribution is 2.17. The Morgan fingerprint density at radius 2 is 1.62 bits per heavy atom. The predicted molar refractivity (Wildman–Crippen MR) is 104 cm³/mol. The molecule has 0 aliphatic rings. The van der Waals surface area contributed by atoms with Crippen LogP contribution >= 0.6 is 0 Å². The van der Waals surface area contributed by atoms with Gasteiger partial charge < -0.3 is 19.9 Å². The summed E-state index contributed by atoms with van der Waals surface area (Å²) in [5.74, 6) is -0.924. The van der Waals surface area contributed by atoms with Crippen LogP contribution in [0.4, 0.5) is 4.79 Å². The third-order valence-corrected chi connectivity index (χ3v) is 2.64. The second kappa shape index (κ2) is 15.2. The van der Waals surface area contributed by atoms with Crippen LogP contribution in [0.25, 0.3) is 0 Å². The van der Waals surface area contributed by atoms with Gasteiger partial charge in [0, 0.05) is 0 Å². The average molecular weight is 370 g/mol. The van der Waals surface area contributed by atoms with Crippen molar-refractivity contribution < 1.29 is 24.2 Å². The molecule has 2 N–H and O–H groups in total. The number of rotatable bonds is 7. The van der Waals surface area contributed by atoms with Crippen LogP contribution < -0.4 is 5.32 Å². The van der Waals surface area contributed by atoms with Crippen molar-refractivity contribution in [3.05, 3.63) is 35.9 Å². The number of amides is 1. The van der Waals surface area contributed by atoms with Gasteiger partial charge in [0.1, 0.15) is 5.60 Å². The molecule has 1 rings (SSSR count). The summed E-state index contributed by atoms with van der Waals surface area (Å²) in [6, 6.07) is 9.32. The third kappa shape index (κ3) is 14.3. The smallest absolute Gasteiger partial charge is 0.407 e. The number of carbonyl (C=O) groups excluding carboxylic acids is 1. The van der Waals surface area contributed by atoms with E-state index in [-0.39, 0.29) is 19.6 Å².